The number of ketones is 1. The molecule has 0 amide bonds. The van der Waals surface area contributed by atoms with Gasteiger partial charge in [0.1, 0.15) is 0 Å². The Morgan fingerprint density at radius 1 is 1.00 bits per heavy atom. The fraction of sp³-hybridized carbons (Fsp3) is 0.350. The van der Waals surface area contributed by atoms with Gasteiger partial charge in [0, 0.05) is 17.5 Å². The number of ether oxygens (including phenoxy) is 1. The van der Waals surface area contributed by atoms with Crippen molar-refractivity contribution in [2.45, 2.75) is 38.2 Å². The molecule has 2 aromatic carbocycles. The minimum Gasteiger partial charge on any atom is -0.475 e. The molecule has 0 heterocycles. The third-order valence-corrected chi connectivity index (χ3v) is 4.71. The molecule has 1 unspecified atom stereocenters. The number of nitro benzene ring substituents is 1. The van der Waals surface area contributed by atoms with Gasteiger partial charge in [0.25, 0.3) is 0 Å². The van der Waals surface area contributed by atoms with Crippen molar-refractivity contribution in [1.29, 1.82) is 0 Å². The van der Waals surface area contributed by atoms with Gasteiger partial charge in [-0.1, -0.05) is 61.7 Å². The number of nitrogens with zero attached hydrogens (tertiary/aromatic N) is 1. The summed E-state index contributed by atoms with van der Waals surface area (Å²) < 4.78 is 5.97. The monoisotopic (exact) mass is 339 g/mol. The summed E-state index contributed by atoms with van der Waals surface area (Å²) in [5, 5.41) is 11.3. The molecule has 3 rings (SSSR count). The number of carbonyl (C=O) groups is 1. The zero-order valence-electron chi connectivity index (χ0n) is 14.0. The van der Waals surface area contributed by atoms with Gasteiger partial charge in [-0.2, -0.15) is 0 Å². The number of para-hydroxylation sites is 2. The summed E-state index contributed by atoms with van der Waals surface area (Å²) in [4.78, 5) is 23.8. The second-order valence-corrected chi connectivity index (χ2v) is 6.39. The Bertz CT molecular complexity index is 738. The second-order valence-electron chi connectivity index (χ2n) is 6.39. The number of hydrogen-bond donors (Lipinski definition) is 0. The Labute approximate surface area is 146 Å². The molecule has 5 heteroatoms. The second kappa shape index (κ2) is 7.92. The Morgan fingerprint density at radius 3 is 2.32 bits per heavy atom. The molecular weight excluding hydrogens is 318 g/mol. The van der Waals surface area contributed by atoms with E-state index in [1.807, 2.05) is 18.2 Å². The van der Waals surface area contributed by atoms with E-state index in [2.05, 4.69) is 0 Å². The van der Waals surface area contributed by atoms with Crippen LogP contribution >= 0.6 is 0 Å². The highest BCUT2D eigenvalue weighted by Gasteiger charge is 2.33. The minimum atomic E-state index is -0.691. The molecule has 1 saturated carbocycles. The van der Waals surface area contributed by atoms with Gasteiger partial charge in [0.05, 0.1) is 4.92 Å². The molecule has 0 bridgehead atoms. The van der Waals surface area contributed by atoms with Gasteiger partial charge in [-0.05, 0) is 18.9 Å². The van der Waals surface area contributed by atoms with Crippen LogP contribution in [0.2, 0.25) is 0 Å². The van der Waals surface area contributed by atoms with Crippen LogP contribution in [0.15, 0.2) is 54.6 Å². The lowest BCUT2D eigenvalue weighted by molar-refractivity contribution is -0.386. The standard InChI is InChI=1S/C20H21NO4/c22-19(15-9-3-1-4-10-15)20(16-11-5-2-6-12-16)25-18-14-8-7-13-17(18)21(23)24/h1,3-4,7-10,13-14,16,20H,2,5-6,11-12H2. The number of rotatable bonds is 6. The van der Waals surface area contributed by atoms with Crippen LogP contribution in [0.5, 0.6) is 5.75 Å². The zero-order chi connectivity index (χ0) is 17.6. The molecule has 0 aromatic heterocycles. The molecule has 1 atom stereocenters. The number of carbonyl (C=O) groups excluding carboxylic acids is 1. The highest BCUT2D eigenvalue weighted by atomic mass is 16.6. The summed E-state index contributed by atoms with van der Waals surface area (Å²) in [7, 11) is 0. The van der Waals surface area contributed by atoms with Crippen LogP contribution in [0.4, 0.5) is 5.69 Å². The van der Waals surface area contributed by atoms with Gasteiger partial charge < -0.3 is 4.74 Å². The zero-order valence-corrected chi connectivity index (χ0v) is 14.0. The molecule has 0 radical (unpaired) electrons. The van der Waals surface area contributed by atoms with Crippen LogP contribution in [-0.2, 0) is 0 Å². The molecule has 5 nitrogen and oxygen atoms in total. The quantitative estimate of drug-likeness (QED) is 0.430. The molecule has 0 aliphatic heterocycles. The fourth-order valence-corrected chi connectivity index (χ4v) is 3.41. The van der Waals surface area contributed by atoms with Crippen LogP contribution in [-0.4, -0.2) is 16.8 Å². The average Bonchev–Trinajstić information content (AvgIpc) is 2.67. The van der Waals surface area contributed by atoms with E-state index >= 15 is 0 Å². The van der Waals surface area contributed by atoms with E-state index in [1.54, 1.807) is 30.3 Å². The lowest BCUT2D eigenvalue weighted by Gasteiger charge is -2.29. The van der Waals surface area contributed by atoms with E-state index < -0.39 is 11.0 Å². The van der Waals surface area contributed by atoms with Gasteiger partial charge in [0.2, 0.25) is 5.78 Å². The van der Waals surface area contributed by atoms with Crippen molar-refractivity contribution in [2.75, 3.05) is 0 Å². The van der Waals surface area contributed by atoms with Gasteiger partial charge in [0.15, 0.2) is 11.9 Å². The fourth-order valence-electron chi connectivity index (χ4n) is 3.41. The maximum atomic E-state index is 13.0. The maximum Gasteiger partial charge on any atom is 0.310 e. The number of nitro groups is 1. The lowest BCUT2D eigenvalue weighted by Crippen LogP contribution is -2.36. The van der Waals surface area contributed by atoms with Crippen molar-refractivity contribution < 1.29 is 14.5 Å². The first-order chi connectivity index (χ1) is 12.2. The predicted octanol–water partition coefficient (Wildman–Crippen LogP) is 4.81. The van der Waals surface area contributed by atoms with Crippen LogP contribution in [0, 0.1) is 16.0 Å². The first kappa shape index (κ1) is 17.1. The van der Waals surface area contributed by atoms with Crippen molar-refractivity contribution >= 4 is 11.5 Å². The summed E-state index contributed by atoms with van der Waals surface area (Å²) >= 11 is 0. The Morgan fingerprint density at radius 2 is 1.64 bits per heavy atom. The molecule has 1 fully saturated rings. The largest absolute Gasteiger partial charge is 0.475 e. The average molecular weight is 339 g/mol. The maximum absolute atomic E-state index is 13.0. The van der Waals surface area contributed by atoms with Crippen molar-refractivity contribution in [3.05, 3.63) is 70.3 Å². The van der Waals surface area contributed by atoms with Crippen LogP contribution < -0.4 is 4.74 Å². The van der Waals surface area contributed by atoms with Crippen molar-refractivity contribution in [3.8, 4) is 5.75 Å². The lowest BCUT2D eigenvalue weighted by atomic mass is 9.82. The highest BCUT2D eigenvalue weighted by Crippen LogP contribution is 2.34. The topological polar surface area (TPSA) is 69.4 Å². The van der Waals surface area contributed by atoms with E-state index in [4.69, 9.17) is 4.74 Å². The Kier molecular flexibility index (Phi) is 5.43. The SMILES string of the molecule is O=C(c1ccccc1)C(Oc1ccccc1[N+](=O)[O-])C1CCCCC1. The molecular formula is C20H21NO4. The van der Waals surface area contributed by atoms with Gasteiger partial charge in [-0.15, -0.1) is 0 Å². The van der Waals surface area contributed by atoms with Gasteiger partial charge >= 0.3 is 5.69 Å². The normalized spacial score (nSPS) is 16.2. The molecule has 0 N–H and O–H groups in total. The van der Waals surface area contributed by atoms with Gasteiger partial charge in [-0.3, -0.25) is 14.9 Å². The molecule has 1 aliphatic rings. The van der Waals surface area contributed by atoms with Crippen molar-refractivity contribution in [2.24, 2.45) is 5.92 Å². The third kappa shape index (κ3) is 4.05. The van der Waals surface area contributed by atoms with E-state index in [-0.39, 0.29) is 23.1 Å². The molecule has 25 heavy (non-hydrogen) atoms. The summed E-state index contributed by atoms with van der Waals surface area (Å²) in [5.74, 6) is 0.138. The number of benzene rings is 2. The van der Waals surface area contributed by atoms with E-state index in [9.17, 15) is 14.9 Å². The van der Waals surface area contributed by atoms with E-state index in [1.165, 1.54) is 6.07 Å². The van der Waals surface area contributed by atoms with Crippen molar-refractivity contribution in [1.82, 2.24) is 0 Å². The minimum absolute atomic E-state index is 0.0845. The number of Topliss-reactive ketones (excluding diaryl/α,β-unsaturated/α-hetero) is 1. The molecule has 2 aromatic rings. The highest BCUT2D eigenvalue weighted by molar-refractivity contribution is 5.99. The van der Waals surface area contributed by atoms with Gasteiger partial charge in [-0.25, -0.2) is 0 Å². The molecule has 0 spiro atoms. The molecule has 1 aliphatic carbocycles. The Balaban J connectivity index is 1.91. The van der Waals surface area contributed by atoms with Crippen LogP contribution in [0.3, 0.4) is 0 Å². The van der Waals surface area contributed by atoms with E-state index in [0.717, 1.165) is 32.1 Å². The van der Waals surface area contributed by atoms with Crippen LogP contribution in [0.1, 0.15) is 42.5 Å². The van der Waals surface area contributed by atoms with Crippen LogP contribution in [0.25, 0.3) is 0 Å². The molecule has 130 valence electrons. The molecule has 0 saturated heterocycles. The summed E-state index contributed by atoms with van der Waals surface area (Å²) in [6.07, 6.45) is 4.40. The van der Waals surface area contributed by atoms with E-state index in [0.29, 0.717) is 5.56 Å². The third-order valence-electron chi connectivity index (χ3n) is 4.71. The first-order valence-corrected chi connectivity index (χ1v) is 8.66. The summed E-state index contributed by atoms with van der Waals surface area (Å²) in [6, 6.07) is 15.3. The van der Waals surface area contributed by atoms with Crippen molar-refractivity contribution in [3.63, 3.8) is 0 Å². The summed E-state index contributed by atoms with van der Waals surface area (Å²) in [6.45, 7) is 0. The number of hydrogen-bond acceptors (Lipinski definition) is 4. The Hall–Kier alpha value is -2.69. The first-order valence-electron chi connectivity index (χ1n) is 8.66. The smallest absolute Gasteiger partial charge is 0.310 e. The summed E-state index contributed by atoms with van der Waals surface area (Å²) in [5.41, 5.74) is 0.473. The predicted molar refractivity (Wildman–Crippen MR) is 94.9 cm³/mol.